The Morgan fingerprint density at radius 3 is 2.44 bits per heavy atom. The summed E-state index contributed by atoms with van der Waals surface area (Å²) < 4.78 is 52.3. The smallest absolute Gasteiger partial charge is 0.368 e. The first-order valence-electron chi connectivity index (χ1n) is 11.5. The van der Waals surface area contributed by atoms with Crippen LogP contribution in [-0.4, -0.2) is 47.9 Å². The highest BCUT2D eigenvalue weighted by Crippen LogP contribution is 2.40. The SMILES string of the molecule is O=C(Nc1nc2c(s1)CCC2C(=O)N1CCN(c2cccc(C(F)(F)F)c2)CC1)c1ccc(F)cc1. The van der Waals surface area contributed by atoms with Crippen LogP contribution in [0.4, 0.5) is 28.4 Å². The molecule has 1 saturated heterocycles. The Labute approximate surface area is 208 Å². The maximum Gasteiger partial charge on any atom is 0.416 e. The zero-order chi connectivity index (χ0) is 25.4. The van der Waals surface area contributed by atoms with Crippen molar-refractivity contribution < 1.29 is 27.2 Å². The molecular formula is C25H22F4N4O2S. The Hall–Kier alpha value is -3.47. The predicted octanol–water partition coefficient (Wildman–Crippen LogP) is 4.93. The molecule has 3 aromatic rings. The summed E-state index contributed by atoms with van der Waals surface area (Å²) in [5, 5.41) is 3.11. The molecule has 0 saturated carbocycles. The van der Waals surface area contributed by atoms with Crippen molar-refractivity contribution in [1.29, 1.82) is 0 Å². The van der Waals surface area contributed by atoms with Gasteiger partial charge in [-0.3, -0.25) is 14.9 Å². The standard InChI is InChI=1S/C25H22F4N4O2S/c26-17-6-4-15(5-7-17)22(34)31-24-30-21-19(8-9-20(21)36-24)23(35)33-12-10-32(11-13-33)18-3-1-2-16(14-18)25(27,28)29/h1-7,14,19H,8-13H2,(H,30,31,34). The number of aryl methyl sites for hydroxylation is 1. The molecule has 1 aromatic heterocycles. The van der Waals surface area contributed by atoms with Gasteiger partial charge in [-0.1, -0.05) is 6.07 Å². The van der Waals surface area contributed by atoms with E-state index in [0.29, 0.717) is 61.1 Å². The molecule has 2 aliphatic rings. The molecule has 1 atom stereocenters. The van der Waals surface area contributed by atoms with Gasteiger partial charge in [-0.2, -0.15) is 13.2 Å². The van der Waals surface area contributed by atoms with Crippen LogP contribution in [0.5, 0.6) is 0 Å². The van der Waals surface area contributed by atoms with Gasteiger partial charge < -0.3 is 9.80 Å². The fraction of sp³-hybridized carbons (Fsp3) is 0.320. The van der Waals surface area contributed by atoms with Crippen molar-refractivity contribution in [3.63, 3.8) is 0 Å². The maximum absolute atomic E-state index is 13.3. The molecule has 2 heterocycles. The number of halogens is 4. The van der Waals surface area contributed by atoms with Gasteiger partial charge in [-0.15, -0.1) is 11.3 Å². The molecule has 1 unspecified atom stereocenters. The molecule has 1 aliphatic heterocycles. The van der Waals surface area contributed by atoms with Gasteiger partial charge in [0.05, 0.1) is 17.2 Å². The number of aromatic nitrogens is 1. The normalized spacial score (nSPS) is 17.7. The van der Waals surface area contributed by atoms with E-state index < -0.39 is 29.4 Å². The number of amides is 2. The van der Waals surface area contributed by atoms with Crippen molar-refractivity contribution in [2.75, 3.05) is 36.4 Å². The Bertz CT molecular complexity index is 1280. The third-order valence-corrected chi connectivity index (χ3v) is 7.52. The van der Waals surface area contributed by atoms with E-state index in [-0.39, 0.29) is 5.91 Å². The van der Waals surface area contributed by atoms with E-state index in [4.69, 9.17) is 0 Å². The Balaban J connectivity index is 1.21. The minimum Gasteiger partial charge on any atom is -0.368 e. The fourth-order valence-corrected chi connectivity index (χ4v) is 5.61. The van der Waals surface area contributed by atoms with Crippen LogP contribution in [-0.2, 0) is 17.4 Å². The summed E-state index contributed by atoms with van der Waals surface area (Å²) in [6, 6.07) is 10.4. The minimum atomic E-state index is -4.40. The Kier molecular flexibility index (Phi) is 6.42. The summed E-state index contributed by atoms with van der Waals surface area (Å²) in [5.74, 6) is -1.31. The average Bonchev–Trinajstić information content (AvgIpc) is 3.44. The number of carbonyl (C=O) groups is 2. The van der Waals surface area contributed by atoms with Crippen LogP contribution in [0.1, 0.15) is 38.8 Å². The van der Waals surface area contributed by atoms with Crippen molar-refractivity contribution in [3.05, 3.63) is 76.0 Å². The van der Waals surface area contributed by atoms with Crippen LogP contribution in [0, 0.1) is 5.82 Å². The van der Waals surface area contributed by atoms with Gasteiger partial charge in [0.1, 0.15) is 5.82 Å². The molecular weight excluding hydrogens is 496 g/mol. The molecule has 1 aliphatic carbocycles. The van der Waals surface area contributed by atoms with Gasteiger partial charge in [0, 0.05) is 42.3 Å². The minimum absolute atomic E-state index is 0.0563. The van der Waals surface area contributed by atoms with Crippen LogP contribution >= 0.6 is 11.3 Å². The van der Waals surface area contributed by atoms with Crippen LogP contribution in [0.3, 0.4) is 0 Å². The summed E-state index contributed by atoms with van der Waals surface area (Å²) in [7, 11) is 0. The van der Waals surface area contributed by atoms with Gasteiger partial charge in [-0.05, 0) is 55.3 Å². The number of benzene rings is 2. The molecule has 0 spiro atoms. The van der Waals surface area contributed by atoms with Gasteiger partial charge >= 0.3 is 6.18 Å². The number of nitrogens with one attached hydrogen (secondary N) is 1. The molecule has 36 heavy (non-hydrogen) atoms. The molecule has 5 rings (SSSR count). The second kappa shape index (κ2) is 9.53. The number of thiazole rings is 1. The maximum atomic E-state index is 13.3. The number of piperazine rings is 1. The molecule has 11 heteroatoms. The number of fused-ring (bicyclic) bond motifs is 1. The summed E-state index contributed by atoms with van der Waals surface area (Å²) in [4.78, 5) is 34.8. The number of hydrogen-bond acceptors (Lipinski definition) is 5. The third kappa shape index (κ3) is 4.92. The van der Waals surface area contributed by atoms with Gasteiger partial charge in [0.25, 0.3) is 5.91 Å². The number of nitrogens with zero attached hydrogens (tertiary/aromatic N) is 3. The Morgan fingerprint density at radius 1 is 1.03 bits per heavy atom. The fourth-order valence-electron chi connectivity index (χ4n) is 4.58. The monoisotopic (exact) mass is 518 g/mol. The number of rotatable bonds is 4. The number of alkyl halides is 3. The van der Waals surface area contributed by atoms with Crippen LogP contribution in [0.25, 0.3) is 0 Å². The summed E-state index contributed by atoms with van der Waals surface area (Å²) in [6.45, 7) is 1.67. The third-order valence-electron chi connectivity index (χ3n) is 6.47. The zero-order valence-corrected chi connectivity index (χ0v) is 19.8. The summed E-state index contributed by atoms with van der Waals surface area (Å²) >= 11 is 1.33. The molecule has 188 valence electrons. The Morgan fingerprint density at radius 2 is 1.75 bits per heavy atom. The highest BCUT2D eigenvalue weighted by molar-refractivity contribution is 7.16. The number of anilines is 2. The molecule has 6 nitrogen and oxygen atoms in total. The lowest BCUT2D eigenvalue weighted by atomic mass is 10.0. The second-order valence-electron chi connectivity index (χ2n) is 8.74. The highest BCUT2D eigenvalue weighted by atomic mass is 32.1. The van der Waals surface area contributed by atoms with E-state index in [1.165, 1.54) is 41.7 Å². The summed E-state index contributed by atoms with van der Waals surface area (Å²) in [6.07, 6.45) is -3.09. The van der Waals surface area contributed by atoms with E-state index in [9.17, 15) is 27.2 Å². The van der Waals surface area contributed by atoms with Crippen LogP contribution in [0.15, 0.2) is 48.5 Å². The largest absolute Gasteiger partial charge is 0.416 e. The molecule has 0 bridgehead atoms. The molecule has 0 radical (unpaired) electrons. The van der Waals surface area contributed by atoms with E-state index in [2.05, 4.69) is 10.3 Å². The lowest BCUT2D eigenvalue weighted by molar-refractivity contribution is -0.137. The molecule has 1 N–H and O–H groups in total. The van der Waals surface area contributed by atoms with Crippen LogP contribution in [0.2, 0.25) is 0 Å². The van der Waals surface area contributed by atoms with E-state index >= 15 is 0 Å². The van der Waals surface area contributed by atoms with Gasteiger partial charge in [0.2, 0.25) is 5.91 Å². The first-order valence-corrected chi connectivity index (χ1v) is 12.3. The van der Waals surface area contributed by atoms with Crippen molar-refractivity contribution in [1.82, 2.24) is 9.88 Å². The van der Waals surface area contributed by atoms with Crippen molar-refractivity contribution in [2.24, 2.45) is 0 Å². The number of carbonyl (C=O) groups excluding carboxylic acids is 2. The van der Waals surface area contributed by atoms with E-state index in [0.717, 1.165) is 17.0 Å². The van der Waals surface area contributed by atoms with Gasteiger partial charge in [0.15, 0.2) is 5.13 Å². The lowest BCUT2D eigenvalue weighted by Gasteiger charge is -2.37. The zero-order valence-electron chi connectivity index (χ0n) is 19.0. The van der Waals surface area contributed by atoms with Crippen molar-refractivity contribution >= 4 is 34.0 Å². The average molecular weight is 519 g/mol. The van der Waals surface area contributed by atoms with Crippen molar-refractivity contribution in [3.8, 4) is 0 Å². The van der Waals surface area contributed by atoms with E-state index in [1.54, 1.807) is 11.0 Å². The van der Waals surface area contributed by atoms with E-state index in [1.807, 2.05) is 4.90 Å². The van der Waals surface area contributed by atoms with Crippen LogP contribution < -0.4 is 10.2 Å². The lowest BCUT2D eigenvalue weighted by Crippen LogP contribution is -2.50. The molecule has 1 fully saturated rings. The van der Waals surface area contributed by atoms with Gasteiger partial charge in [-0.25, -0.2) is 9.37 Å². The molecule has 2 amide bonds. The second-order valence-corrected chi connectivity index (χ2v) is 9.82. The first-order chi connectivity index (χ1) is 17.2. The first kappa shape index (κ1) is 24.2. The predicted molar refractivity (Wildman–Crippen MR) is 128 cm³/mol. The molecule has 2 aromatic carbocycles. The van der Waals surface area contributed by atoms with Crippen molar-refractivity contribution in [2.45, 2.75) is 24.9 Å². The highest BCUT2D eigenvalue weighted by Gasteiger charge is 2.37. The summed E-state index contributed by atoms with van der Waals surface area (Å²) in [5.41, 5.74) is 0.765. The number of hydrogen-bond donors (Lipinski definition) is 1. The quantitative estimate of drug-likeness (QED) is 0.498. The topological polar surface area (TPSA) is 65.5 Å².